The number of furan rings is 1. The molecule has 0 aliphatic heterocycles. The molecule has 1 aromatic heterocycles. The van der Waals surface area contributed by atoms with Gasteiger partial charge >= 0.3 is 0 Å². The van der Waals surface area contributed by atoms with Gasteiger partial charge in [0, 0.05) is 28.1 Å². The predicted octanol–water partition coefficient (Wildman–Crippen LogP) is 8.23. The zero-order chi connectivity index (χ0) is 40.6. The van der Waals surface area contributed by atoms with Crippen molar-refractivity contribution in [2.75, 3.05) is 0 Å². The van der Waals surface area contributed by atoms with Gasteiger partial charge < -0.3 is 4.42 Å². The molecule has 0 amide bonds. The molecule has 4 aromatic rings. The maximum Gasteiger partial charge on any atom is 0.135 e. The van der Waals surface area contributed by atoms with Gasteiger partial charge in [0.15, 0.2) is 0 Å². The molecule has 6 atom stereocenters. The maximum absolute atomic E-state index is 9.43. The molecule has 6 unspecified atom stereocenters. The van der Waals surface area contributed by atoms with Gasteiger partial charge in [0.2, 0.25) is 0 Å². The van der Waals surface area contributed by atoms with Crippen LogP contribution in [0.5, 0.6) is 0 Å². The first kappa shape index (κ1) is 11.4. The molecule has 0 radical (unpaired) electrons. The molecule has 1 heterocycles. The van der Waals surface area contributed by atoms with E-state index in [0.29, 0.717) is 22.1 Å². The maximum atomic E-state index is 9.43. The van der Waals surface area contributed by atoms with Crippen molar-refractivity contribution in [1.82, 2.24) is 0 Å². The molecule has 0 fully saturated rings. The van der Waals surface area contributed by atoms with Gasteiger partial charge in [-0.1, -0.05) is 103 Å². The summed E-state index contributed by atoms with van der Waals surface area (Å²) in [5.74, 6) is -2.87. The van der Waals surface area contributed by atoms with E-state index in [2.05, 4.69) is 0 Å². The normalized spacial score (nSPS) is 38.0. The summed E-state index contributed by atoms with van der Waals surface area (Å²) in [7, 11) is 0. The molecule has 1 heteroatoms. The van der Waals surface area contributed by atoms with Crippen molar-refractivity contribution in [1.29, 1.82) is 0 Å². The van der Waals surface area contributed by atoms with E-state index >= 15 is 0 Å². The third kappa shape index (κ3) is 3.68. The standard InChI is InChI=1S/C38H30O/c1-2-10-25(11-3-1)26-18-20-27(21-19-26)37-30-13-4-6-15-32(30)38(33-16-7-5-14-31(33)37)28-22-23-36-34(24-28)29-12-8-9-17-35(29)39-36/h1-2,4-10,12-18,20,22-24,30,32H,3,11,19,21H2/i1D,2D,3D,4D,5D,6D,7D,10D,11D,13D,14D,15D,16D,18D,19D,20D,21D. The molecule has 0 N–H and O–H groups in total. The number of hydrogen-bond acceptors (Lipinski definition) is 1. The van der Waals surface area contributed by atoms with Gasteiger partial charge in [-0.05, 0) is 87.7 Å². The summed E-state index contributed by atoms with van der Waals surface area (Å²) in [4.78, 5) is 0. The average molecular weight is 520 g/mol. The highest BCUT2D eigenvalue weighted by molar-refractivity contribution is 6.06. The molecule has 1 nitrogen and oxygen atoms in total. The van der Waals surface area contributed by atoms with Crippen LogP contribution in [-0.4, -0.2) is 0 Å². The monoisotopic (exact) mass is 519 g/mol. The molecular formula is C38H30O. The van der Waals surface area contributed by atoms with Crippen molar-refractivity contribution in [2.24, 2.45) is 11.8 Å². The summed E-state index contributed by atoms with van der Waals surface area (Å²) in [5, 5.41) is 0.992. The highest BCUT2D eigenvalue weighted by Gasteiger charge is 2.33. The van der Waals surface area contributed by atoms with Crippen molar-refractivity contribution in [3.05, 3.63) is 154 Å². The van der Waals surface area contributed by atoms with Crippen molar-refractivity contribution in [3.63, 3.8) is 0 Å². The van der Waals surface area contributed by atoms with Gasteiger partial charge in [0.1, 0.15) is 11.2 Å². The van der Waals surface area contributed by atoms with Crippen LogP contribution in [0.1, 0.15) is 54.5 Å². The van der Waals surface area contributed by atoms with Crippen LogP contribution >= 0.6 is 0 Å². The van der Waals surface area contributed by atoms with Gasteiger partial charge in [0.05, 0.1) is 17.8 Å². The molecule has 0 saturated carbocycles. The van der Waals surface area contributed by atoms with Crippen LogP contribution in [0.4, 0.5) is 0 Å². The molecule has 39 heavy (non-hydrogen) atoms. The fourth-order valence-electron chi connectivity index (χ4n) is 5.59. The van der Waals surface area contributed by atoms with E-state index in [1.165, 1.54) is 0 Å². The van der Waals surface area contributed by atoms with Crippen LogP contribution in [0.2, 0.25) is 0 Å². The molecule has 4 aliphatic carbocycles. The summed E-state index contributed by atoms with van der Waals surface area (Å²) < 4.78 is 157. The van der Waals surface area contributed by atoms with E-state index in [-0.39, 0.29) is 21.6 Å². The topological polar surface area (TPSA) is 13.1 Å². The Morgan fingerprint density at radius 1 is 0.692 bits per heavy atom. The second-order valence-electron chi connectivity index (χ2n) is 9.43. The van der Waals surface area contributed by atoms with Crippen LogP contribution in [0, 0.1) is 11.8 Å². The van der Waals surface area contributed by atoms with Crippen LogP contribution in [0.25, 0.3) is 33.1 Å². The van der Waals surface area contributed by atoms with E-state index < -0.39 is 133 Å². The van der Waals surface area contributed by atoms with E-state index in [1.54, 1.807) is 30.3 Å². The minimum absolute atomic E-state index is 0.132. The zero-order valence-electron chi connectivity index (χ0n) is 37.4. The van der Waals surface area contributed by atoms with Crippen LogP contribution in [0.15, 0.2) is 142 Å². The quantitative estimate of drug-likeness (QED) is 0.266. The smallest absolute Gasteiger partial charge is 0.135 e. The van der Waals surface area contributed by atoms with Crippen molar-refractivity contribution < 1.29 is 27.7 Å². The van der Waals surface area contributed by atoms with Gasteiger partial charge in [-0.2, -0.15) is 0 Å². The average Bonchev–Trinajstić information content (AvgIpc) is 3.56. The van der Waals surface area contributed by atoms with Crippen LogP contribution in [0.3, 0.4) is 0 Å². The van der Waals surface area contributed by atoms with Crippen LogP contribution < -0.4 is 10.4 Å². The number of fused-ring (bicyclic) bond motifs is 5. The highest BCUT2D eigenvalue weighted by Crippen LogP contribution is 2.43. The molecule has 0 bridgehead atoms. The fraction of sp³-hybridized carbons (Fsp3) is 0.158. The number of hydrogen-bond donors (Lipinski definition) is 0. The second-order valence-corrected chi connectivity index (χ2v) is 9.43. The van der Waals surface area contributed by atoms with E-state index in [1.807, 2.05) is 12.1 Å². The minimum atomic E-state index is -1.87. The molecular weight excluding hydrogens is 472 g/mol. The van der Waals surface area contributed by atoms with E-state index in [4.69, 9.17) is 18.1 Å². The Balaban J connectivity index is 1.56. The van der Waals surface area contributed by atoms with Gasteiger partial charge in [-0.15, -0.1) is 0 Å². The summed E-state index contributed by atoms with van der Waals surface area (Å²) >= 11 is 0. The lowest BCUT2D eigenvalue weighted by atomic mass is 9.69. The molecule has 0 saturated heterocycles. The largest absolute Gasteiger partial charge is 0.456 e. The Kier molecular flexibility index (Phi) is 2.67. The Bertz CT molecular complexity index is 2820. The Labute approximate surface area is 252 Å². The summed E-state index contributed by atoms with van der Waals surface area (Å²) in [6.45, 7) is 0. The van der Waals surface area contributed by atoms with Gasteiger partial charge in [-0.25, -0.2) is 0 Å². The SMILES string of the molecule is [2H]C1=C([2H])C([2H])C([2H])C(C2=C([2H])C([2H])=C(C3=c4c([2H])c([2H])c([2H])c([2H])c4=C(c4ccc5oc6ccccc6c5c4)C4C([2H])=C([2H])C([2H])=C([2H])C34)C([2H])C2[2H])=C1[2H]. The van der Waals surface area contributed by atoms with Crippen molar-refractivity contribution in [2.45, 2.75) is 25.6 Å². The molecule has 4 aliphatic rings. The molecule has 188 valence electrons. The molecule has 0 spiro atoms. The first-order valence-corrected chi connectivity index (χ1v) is 12.5. The number of rotatable bonds is 3. The predicted molar refractivity (Wildman–Crippen MR) is 162 cm³/mol. The first-order chi connectivity index (χ1) is 26.4. The number of allylic oxidation sites excluding steroid dienone is 12. The lowest BCUT2D eigenvalue weighted by Crippen LogP contribution is -2.40. The summed E-state index contributed by atoms with van der Waals surface area (Å²) in [6, 6.07) is 4.07. The lowest BCUT2D eigenvalue weighted by molar-refractivity contribution is 0.668. The minimum Gasteiger partial charge on any atom is -0.456 e. The lowest BCUT2D eigenvalue weighted by Gasteiger charge is -2.35. The second kappa shape index (κ2) is 9.13. The molecule has 3 aromatic carbocycles. The van der Waals surface area contributed by atoms with Crippen molar-refractivity contribution >= 4 is 33.1 Å². The first-order valence-electron chi connectivity index (χ1n) is 21.3. The Morgan fingerprint density at radius 3 is 2.31 bits per heavy atom. The third-order valence-electron chi connectivity index (χ3n) is 7.32. The third-order valence-corrected chi connectivity index (χ3v) is 7.32. The van der Waals surface area contributed by atoms with Crippen molar-refractivity contribution in [3.8, 4) is 0 Å². The van der Waals surface area contributed by atoms with E-state index in [0.717, 1.165) is 5.39 Å². The van der Waals surface area contributed by atoms with Gasteiger partial charge in [-0.3, -0.25) is 0 Å². The Hall–Kier alpha value is -4.36. The summed E-state index contributed by atoms with van der Waals surface area (Å²) in [5.41, 5.74) is 0.0973. The fourth-order valence-corrected chi connectivity index (χ4v) is 5.59. The number of para-hydroxylation sites is 1. The van der Waals surface area contributed by atoms with E-state index in [9.17, 15) is 9.60 Å². The Morgan fingerprint density at radius 2 is 1.41 bits per heavy atom. The molecule has 8 rings (SSSR count). The summed E-state index contributed by atoms with van der Waals surface area (Å²) in [6.07, 6.45) is -7.03. The zero-order valence-corrected chi connectivity index (χ0v) is 20.4. The van der Waals surface area contributed by atoms with Gasteiger partial charge in [0.25, 0.3) is 0 Å². The highest BCUT2D eigenvalue weighted by atomic mass is 16.3. The van der Waals surface area contributed by atoms with Crippen LogP contribution in [-0.2, 0) is 0 Å². The number of benzene rings is 3.